The zero-order chi connectivity index (χ0) is 17.8. The summed E-state index contributed by atoms with van der Waals surface area (Å²) in [6.45, 7) is 1.66. The van der Waals surface area contributed by atoms with Crippen LogP contribution >= 0.6 is 24.0 Å². The Kier molecular flexibility index (Phi) is 7.09. The largest absolute Gasteiger partial charge is 0.370 e. The molecule has 0 saturated heterocycles. The molecule has 3 N–H and O–H groups in total. The van der Waals surface area contributed by atoms with E-state index in [9.17, 15) is 0 Å². The van der Waals surface area contributed by atoms with Gasteiger partial charge in [0.2, 0.25) is 0 Å². The van der Waals surface area contributed by atoms with E-state index in [1.165, 1.54) is 49.7 Å². The van der Waals surface area contributed by atoms with Gasteiger partial charge in [-0.1, -0.05) is 18.6 Å². The summed E-state index contributed by atoms with van der Waals surface area (Å²) >= 11 is 0. The van der Waals surface area contributed by atoms with Crippen LogP contribution in [0.2, 0.25) is 0 Å². The number of aromatic nitrogens is 3. The van der Waals surface area contributed by atoms with Crippen LogP contribution in [0.4, 0.5) is 5.69 Å². The first-order chi connectivity index (χ1) is 12.8. The monoisotopic (exact) mass is 480 g/mol. The van der Waals surface area contributed by atoms with E-state index in [2.05, 4.69) is 43.3 Å². The number of hydrogen-bond acceptors (Lipinski definition) is 3. The molecule has 6 nitrogen and oxygen atoms in total. The van der Waals surface area contributed by atoms with E-state index in [0.717, 1.165) is 43.1 Å². The van der Waals surface area contributed by atoms with Crippen LogP contribution in [0.1, 0.15) is 54.9 Å². The molecule has 1 aromatic carbocycles. The Bertz CT molecular complexity index is 798. The van der Waals surface area contributed by atoms with Gasteiger partial charge in [-0.05, 0) is 55.7 Å². The molecule has 0 saturated carbocycles. The predicted molar refractivity (Wildman–Crippen MR) is 120 cm³/mol. The second kappa shape index (κ2) is 9.52. The quantitative estimate of drug-likeness (QED) is 0.399. The van der Waals surface area contributed by atoms with Crippen molar-refractivity contribution in [2.24, 2.45) is 10.7 Å². The molecule has 1 aliphatic heterocycles. The average molecular weight is 480 g/mol. The molecule has 0 radical (unpaired) electrons. The van der Waals surface area contributed by atoms with Gasteiger partial charge in [0.25, 0.3) is 0 Å². The lowest BCUT2D eigenvalue weighted by atomic mass is 9.90. The third-order valence-corrected chi connectivity index (χ3v) is 5.46. The summed E-state index contributed by atoms with van der Waals surface area (Å²) in [5, 5.41) is 12.0. The van der Waals surface area contributed by atoms with Crippen LogP contribution in [0, 0.1) is 0 Å². The molecule has 0 fully saturated rings. The van der Waals surface area contributed by atoms with Gasteiger partial charge in [-0.15, -0.1) is 34.2 Å². The van der Waals surface area contributed by atoms with Gasteiger partial charge in [0.1, 0.15) is 11.6 Å². The standard InChI is InChI=1S/C20H28N6.HI/c21-20(23-17-10-6-8-15-7-3-4-9-16(15)17)22-13-12-19-25-24-18-11-2-1-5-14-26(18)19;/h6,8,10H,1-5,7,9,11-14H2,(H3,21,22,23);1H. The second-order valence-electron chi connectivity index (χ2n) is 7.29. The summed E-state index contributed by atoms with van der Waals surface area (Å²) in [4.78, 5) is 4.52. The van der Waals surface area contributed by atoms with Crippen LogP contribution in [0.15, 0.2) is 23.2 Å². The van der Waals surface area contributed by atoms with Crippen molar-refractivity contribution in [1.29, 1.82) is 0 Å². The topological polar surface area (TPSA) is 81.1 Å². The second-order valence-corrected chi connectivity index (χ2v) is 7.29. The van der Waals surface area contributed by atoms with Gasteiger partial charge in [-0.3, -0.25) is 4.99 Å². The van der Waals surface area contributed by atoms with Crippen LogP contribution in [0.5, 0.6) is 0 Å². The number of rotatable bonds is 4. The first kappa shape index (κ1) is 20.1. The number of anilines is 1. The van der Waals surface area contributed by atoms with Crippen molar-refractivity contribution in [1.82, 2.24) is 14.8 Å². The molecule has 0 bridgehead atoms. The summed E-state index contributed by atoms with van der Waals surface area (Å²) < 4.78 is 2.28. The summed E-state index contributed by atoms with van der Waals surface area (Å²) in [6.07, 6.45) is 10.3. The number of halogens is 1. The molecule has 0 amide bonds. The fourth-order valence-electron chi connectivity index (χ4n) is 4.08. The molecule has 1 aliphatic carbocycles. The summed E-state index contributed by atoms with van der Waals surface area (Å²) in [7, 11) is 0. The highest BCUT2D eigenvalue weighted by atomic mass is 127. The van der Waals surface area contributed by atoms with Crippen molar-refractivity contribution in [2.75, 3.05) is 11.9 Å². The smallest absolute Gasteiger partial charge is 0.193 e. The van der Waals surface area contributed by atoms with Crippen LogP contribution in [0.25, 0.3) is 0 Å². The van der Waals surface area contributed by atoms with E-state index in [0.29, 0.717) is 12.5 Å². The van der Waals surface area contributed by atoms with Gasteiger partial charge in [0.05, 0.1) is 0 Å². The van der Waals surface area contributed by atoms with Crippen molar-refractivity contribution in [2.45, 2.75) is 64.3 Å². The van der Waals surface area contributed by atoms with Crippen LogP contribution in [-0.4, -0.2) is 27.3 Å². The minimum Gasteiger partial charge on any atom is -0.370 e. The van der Waals surface area contributed by atoms with Crippen molar-refractivity contribution in [3.8, 4) is 0 Å². The van der Waals surface area contributed by atoms with E-state index in [4.69, 9.17) is 5.73 Å². The summed E-state index contributed by atoms with van der Waals surface area (Å²) in [5.41, 5.74) is 10.1. The number of fused-ring (bicyclic) bond motifs is 2. The van der Waals surface area contributed by atoms with E-state index in [1.807, 2.05) is 0 Å². The molecular formula is C20H29IN6. The number of guanidine groups is 1. The highest BCUT2D eigenvalue weighted by Gasteiger charge is 2.15. The van der Waals surface area contributed by atoms with Gasteiger partial charge < -0.3 is 15.6 Å². The van der Waals surface area contributed by atoms with Gasteiger partial charge in [0, 0.05) is 31.6 Å². The lowest BCUT2D eigenvalue weighted by molar-refractivity contribution is 0.605. The number of aryl methyl sites for hydroxylation is 2. The normalized spacial score (nSPS) is 16.7. The zero-order valence-electron chi connectivity index (χ0n) is 15.8. The molecule has 146 valence electrons. The van der Waals surface area contributed by atoms with E-state index in [1.54, 1.807) is 0 Å². The summed E-state index contributed by atoms with van der Waals surface area (Å²) in [6, 6.07) is 6.43. The van der Waals surface area contributed by atoms with Gasteiger partial charge in [-0.25, -0.2) is 0 Å². The maximum Gasteiger partial charge on any atom is 0.193 e. The Hall–Kier alpha value is -1.64. The molecule has 0 atom stereocenters. The van der Waals surface area contributed by atoms with Crippen molar-refractivity contribution in [3.05, 3.63) is 41.0 Å². The molecule has 27 heavy (non-hydrogen) atoms. The number of benzene rings is 1. The molecule has 2 aliphatic rings. The van der Waals surface area contributed by atoms with Crippen LogP contribution in [-0.2, 0) is 32.2 Å². The summed E-state index contributed by atoms with van der Waals surface area (Å²) in [5.74, 6) is 2.65. The maximum atomic E-state index is 6.14. The molecule has 0 unspecified atom stereocenters. The molecule has 2 heterocycles. The van der Waals surface area contributed by atoms with Gasteiger partial charge in [0.15, 0.2) is 5.96 Å². The highest BCUT2D eigenvalue weighted by Crippen LogP contribution is 2.27. The SMILES string of the molecule is I.NC(=NCCc1nnc2n1CCCCC2)Nc1cccc2c1CCCC2. The van der Waals surface area contributed by atoms with E-state index < -0.39 is 0 Å². The van der Waals surface area contributed by atoms with Crippen LogP contribution in [0.3, 0.4) is 0 Å². The zero-order valence-corrected chi connectivity index (χ0v) is 18.1. The van der Waals surface area contributed by atoms with E-state index >= 15 is 0 Å². The maximum absolute atomic E-state index is 6.14. The van der Waals surface area contributed by atoms with Crippen LogP contribution < -0.4 is 11.1 Å². The minimum absolute atomic E-state index is 0. The number of hydrogen-bond donors (Lipinski definition) is 2. The molecule has 2 aromatic rings. The lowest BCUT2D eigenvalue weighted by Crippen LogP contribution is -2.24. The average Bonchev–Trinajstić information content (AvgIpc) is 2.88. The molecule has 0 spiro atoms. The Morgan fingerprint density at radius 1 is 1.07 bits per heavy atom. The Balaban J connectivity index is 0.00000210. The number of nitrogens with zero attached hydrogens (tertiary/aromatic N) is 4. The molecule has 4 rings (SSSR count). The Morgan fingerprint density at radius 3 is 2.85 bits per heavy atom. The minimum atomic E-state index is 0. The molecule has 1 aromatic heterocycles. The van der Waals surface area contributed by atoms with Crippen molar-refractivity contribution in [3.63, 3.8) is 0 Å². The van der Waals surface area contributed by atoms with Gasteiger partial charge >= 0.3 is 0 Å². The fourth-order valence-corrected chi connectivity index (χ4v) is 4.08. The van der Waals surface area contributed by atoms with Crippen molar-refractivity contribution >= 4 is 35.6 Å². The number of nitrogens with one attached hydrogen (secondary N) is 1. The number of aliphatic imine (C=N–C) groups is 1. The highest BCUT2D eigenvalue weighted by molar-refractivity contribution is 14.0. The Labute approximate surface area is 178 Å². The van der Waals surface area contributed by atoms with E-state index in [-0.39, 0.29) is 24.0 Å². The molecule has 7 heteroatoms. The van der Waals surface area contributed by atoms with Crippen molar-refractivity contribution < 1.29 is 0 Å². The lowest BCUT2D eigenvalue weighted by Gasteiger charge is -2.19. The first-order valence-corrected chi connectivity index (χ1v) is 9.90. The third kappa shape index (κ3) is 4.80. The fraction of sp³-hybridized carbons (Fsp3) is 0.550. The molecular weight excluding hydrogens is 451 g/mol. The number of nitrogens with two attached hydrogens (primary N) is 1. The van der Waals surface area contributed by atoms with Gasteiger partial charge in [-0.2, -0.15) is 0 Å². The Morgan fingerprint density at radius 2 is 1.93 bits per heavy atom. The third-order valence-electron chi connectivity index (χ3n) is 5.46. The first-order valence-electron chi connectivity index (χ1n) is 9.90. The predicted octanol–water partition coefficient (Wildman–Crippen LogP) is 3.47.